The van der Waals surface area contributed by atoms with E-state index in [1.165, 1.54) is 16.9 Å². The average Bonchev–Trinajstić information content (AvgIpc) is 3.27. The summed E-state index contributed by atoms with van der Waals surface area (Å²) in [7, 11) is 0. The molecule has 0 saturated carbocycles. The molecule has 8 heteroatoms. The first-order valence-corrected chi connectivity index (χ1v) is 10.1. The maximum Gasteiger partial charge on any atom is 0.324 e. The van der Waals surface area contributed by atoms with Crippen molar-refractivity contribution in [1.29, 1.82) is 0 Å². The molecule has 0 radical (unpaired) electrons. The molecule has 0 bridgehead atoms. The molecule has 1 atom stereocenters. The lowest BCUT2D eigenvalue weighted by Crippen LogP contribution is -2.43. The highest BCUT2D eigenvalue weighted by atomic mass is 16.2. The van der Waals surface area contributed by atoms with Gasteiger partial charge in [0.25, 0.3) is 0 Å². The fourth-order valence-electron chi connectivity index (χ4n) is 3.63. The van der Waals surface area contributed by atoms with E-state index in [1.54, 1.807) is 0 Å². The maximum absolute atomic E-state index is 11.6. The predicted octanol–water partition coefficient (Wildman–Crippen LogP) is 0.758. The number of imide groups is 1. The molecule has 3 amide bonds. The highest BCUT2D eigenvalue weighted by Crippen LogP contribution is 2.20. The van der Waals surface area contributed by atoms with E-state index in [9.17, 15) is 9.59 Å². The summed E-state index contributed by atoms with van der Waals surface area (Å²) in [5.74, 6) is 0.539. The van der Waals surface area contributed by atoms with Crippen LogP contribution in [0.3, 0.4) is 0 Å². The molecular weight excluding hydrogens is 356 g/mol. The van der Waals surface area contributed by atoms with E-state index in [0.717, 1.165) is 38.6 Å². The summed E-state index contributed by atoms with van der Waals surface area (Å²) in [6, 6.07) is 10.6. The first kappa shape index (κ1) is 20.1. The molecule has 1 unspecified atom stereocenters. The monoisotopic (exact) mass is 386 g/mol. The molecule has 2 saturated heterocycles. The van der Waals surface area contributed by atoms with Crippen molar-refractivity contribution in [2.45, 2.75) is 32.4 Å². The van der Waals surface area contributed by atoms with Gasteiger partial charge in [0.2, 0.25) is 5.91 Å². The number of urea groups is 1. The molecule has 0 aromatic heterocycles. The molecule has 28 heavy (non-hydrogen) atoms. The number of amides is 3. The molecular formula is C20H30N6O2. The number of hydrogen-bond donors (Lipinski definition) is 3. The number of rotatable bonds is 8. The van der Waals surface area contributed by atoms with E-state index in [4.69, 9.17) is 4.99 Å². The summed E-state index contributed by atoms with van der Waals surface area (Å²) in [5, 5.41) is 8.99. The Morgan fingerprint density at radius 3 is 2.79 bits per heavy atom. The summed E-state index contributed by atoms with van der Waals surface area (Å²) in [4.78, 5) is 31.7. The summed E-state index contributed by atoms with van der Waals surface area (Å²) in [6.07, 6.45) is 2.35. The lowest BCUT2D eigenvalue weighted by Gasteiger charge is -2.23. The van der Waals surface area contributed by atoms with Gasteiger partial charge in [-0.05, 0) is 31.9 Å². The van der Waals surface area contributed by atoms with Crippen LogP contribution in [0.25, 0.3) is 0 Å². The van der Waals surface area contributed by atoms with Crippen molar-refractivity contribution in [1.82, 2.24) is 25.8 Å². The molecule has 152 valence electrons. The van der Waals surface area contributed by atoms with Crippen LogP contribution in [0.15, 0.2) is 35.3 Å². The lowest BCUT2D eigenvalue weighted by molar-refractivity contribution is -0.124. The molecule has 2 aliphatic rings. The minimum atomic E-state index is -0.323. The number of nitrogens with one attached hydrogen (secondary N) is 3. The van der Waals surface area contributed by atoms with E-state index in [-0.39, 0.29) is 18.5 Å². The molecule has 1 aromatic rings. The second-order valence-corrected chi connectivity index (χ2v) is 7.10. The first-order valence-electron chi connectivity index (χ1n) is 10.1. The van der Waals surface area contributed by atoms with Gasteiger partial charge in [-0.25, -0.2) is 4.79 Å². The van der Waals surface area contributed by atoms with Crippen LogP contribution in [0.5, 0.6) is 0 Å². The molecule has 3 N–H and O–H groups in total. The largest absolute Gasteiger partial charge is 0.357 e. The second-order valence-electron chi connectivity index (χ2n) is 7.10. The van der Waals surface area contributed by atoms with Gasteiger partial charge >= 0.3 is 6.03 Å². The standard InChI is InChI=1S/C20H30N6O2/c1-2-21-19(22-10-12-26-18(27)14-24-20(26)28)23-13-17-9-6-11-25(17)15-16-7-4-3-5-8-16/h3-5,7-8,17H,2,6,9-15H2,1H3,(H,24,28)(H2,21,22,23). The van der Waals surface area contributed by atoms with Crippen molar-refractivity contribution in [3.05, 3.63) is 35.9 Å². The molecule has 2 aliphatic heterocycles. The zero-order chi connectivity index (χ0) is 19.8. The Balaban J connectivity index is 1.50. The second kappa shape index (κ2) is 10.1. The molecule has 0 aliphatic carbocycles. The van der Waals surface area contributed by atoms with E-state index >= 15 is 0 Å². The van der Waals surface area contributed by atoms with Crippen molar-refractivity contribution >= 4 is 17.9 Å². The molecule has 8 nitrogen and oxygen atoms in total. The van der Waals surface area contributed by atoms with Gasteiger partial charge in [-0.2, -0.15) is 0 Å². The predicted molar refractivity (Wildman–Crippen MR) is 109 cm³/mol. The van der Waals surface area contributed by atoms with Gasteiger partial charge in [0.1, 0.15) is 0 Å². The van der Waals surface area contributed by atoms with Crippen LogP contribution in [0.4, 0.5) is 4.79 Å². The zero-order valence-corrected chi connectivity index (χ0v) is 16.5. The van der Waals surface area contributed by atoms with Crippen molar-refractivity contribution < 1.29 is 9.59 Å². The first-order chi connectivity index (χ1) is 13.7. The number of carbonyl (C=O) groups is 2. The number of nitrogens with zero attached hydrogens (tertiary/aromatic N) is 3. The van der Waals surface area contributed by atoms with Crippen LogP contribution in [0, 0.1) is 0 Å². The minimum Gasteiger partial charge on any atom is -0.357 e. The Morgan fingerprint density at radius 2 is 2.07 bits per heavy atom. The maximum atomic E-state index is 11.6. The minimum absolute atomic E-state index is 0.0892. The summed E-state index contributed by atoms with van der Waals surface area (Å²) < 4.78 is 0. The van der Waals surface area contributed by atoms with E-state index < -0.39 is 0 Å². The average molecular weight is 387 g/mol. The Kier molecular flexibility index (Phi) is 7.25. The summed E-state index contributed by atoms with van der Waals surface area (Å²) in [6.45, 7) is 6.46. The van der Waals surface area contributed by atoms with Gasteiger partial charge in [-0.15, -0.1) is 0 Å². The molecule has 2 heterocycles. The molecule has 0 spiro atoms. The Bertz CT molecular complexity index is 677. The zero-order valence-electron chi connectivity index (χ0n) is 16.5. The van der Waals surface area contributed by atoms with Gasteiger partial charge in [0, 0.05) is 32.2 Å². The number of hydrogen-bond acceptors (Lipinski definition) is 4. The topological polar surface area (TPSA) is 89.1 Å². The SMILES string of the molecule is CCNC(=NCC1CCCN1Cc1ccccc1)NCCN1C(=O)CNC1=O. The summed E-state index contributed by atoms with van der Waals surface area (Å²) in [5.41, 5.74) is 1.33. The van der Waals surface area contributed by atoms with Crippen LogP contribution < -0.4 is 16.0 Å². The fourth-order valence-corrected chi connectivity index (χ4v) is 3.63. The highest BCUT2D eigenvalue weighted by Gasteiger charge is 2.28. The molecule has 1 aromatic carbocycles. The van der Waals surface area contributed by atoms with Gasteiger partial charge in [-0.1, -0.05) is 30.3 Å². The van der Waals surface area contributed by atoms with Crippen LogP contribution in [-0.2, 0) is 11.3 Å². The van der Waals surface area contributed by atoms with E-state index in [1.807, 2.05) is 13.0 Å². The smallest absolute Gasteiger partial charge is 0.324 e. The van der Waals surface area contributed by atoms with Gasteiger partial charge in [-0.3, -0.25) is 19.6 Å². The fraction of sp³-hybridized carbons (Fsp3) is 0.550. The van der Waals surface area contributed by atoms with E-state index in [0.29, 0.717) is 19.1 Å². The van der Waals surface area contributed by atoms with Gasteiger partial charge in [0.15, 0.2) is 5.96 Å². The number of likely N-dealkylation sites (tertiary alicyclic amines) is 1. The van der Waals surface area contributed by atoms with Crippen molar-refractivity contribution in [3.63, 3.8) is 0 Å². The number of carbonyl (C=O) groups excluding carboxylic acids is 2. The Hall–Kier alpha value is -2.61. The Labute approximate surface area is 166 Å². The van der Waals surface area contributed by atoms with Crippen molar-refractivity contribution in [3.8, 4) is 0 Å². The van der Waals surface area contributed by atoms with Crippen LogP contribution in [0.2, 0.25) is 0 Å². The van der Waals surface area contributed by atoms with Crippen molar-refractivity contribution in [2.75, 3.05) is 39.3 Å². The summed E-state index contributed by atoms with van der Waals surface area (Å²) >= 11 is 0. The quantitative estimate of drug-likeness (QED) is 0.349. The third kappa shape index (κ3) is 5.45. The van der Waals surface area contributed by atoms with Gasteiger partial charge < -0.3 is 16.0 Å². The van der Waals surface area contributed by atoms with Crippen LogP contribution in [0.1, 0.15) is 25.3 Å². The third-order valence-corrected chi connectivity index (χ3v) is 5.10. The van der Waals surface area contributed by atoms with Crippen molar-refractivity contribution in [2.24, 2.45) is 4.99 Å². The van der Waals surface area contributed by atoms with E-state index in [2.05, 4.69) is 45.1 Å². The number of aliphatic imine (C=N–C) groups is 1. The molecule has 3 rings (SSSR count). The normalized spacial score (nSPS) is 20.5. The number of benzene rings is 1. The molecule has 2 fully saturated rings. The van der Waals surface area contributed by atoms with Crippen LogP contribution >= 0.6 is 0 Å². The highest BCUT2D eigenvalue weighted by molar-refractivity contribution is 6.01. The van der Waals surface area contributed by atoms with Gasteiger partial charge in [0.05, 0.1) is 13.1 Å². The lowest BCUT2D eigenvalue weighted by atomic mass is 10.2. The number of guanidine groups is 1. The van der Waals surface area contributed by atoms with Crippen LogP contribution in [-0.4, -0.2) is 73.0 Å². The third-order valence-electron chi connectivity index (χ3n) is 5.10. The Morgan fingerprint density at radius 1 is 1.25 bits per heavy atom.